The van der Waals surface area contributed by atoms with Gasteiger partial charge in [-0.1, -0.05) is 35.2 Å². The van der Waals surface area contributed by atoms with Crippen LogP contribution in [0.3, 0.4) is 0 Å². The number of halogens is 1. The second-order valence-corrected chi connectivity index (χ2v) is 8.17. The fraction of sp³-hybridized carbons (Fsp3) is 0.500. The highest BCUT2D eigenvalue weighted by Gasteiger charge is 2.33. The summed E-state index contributed by atoms with van der Waals surface area (Å²) in [6.07, 6.45) is 4.59. The van der Waals surface area contributed by atoms with E-state index in [1.807, 2.05) is 5.43 Å². The van der Waals surface area contributed by atoms with Crippen LogP contribution < -0.4 is 11.3 Å². The average molecular weight is 390 g/mol. The number of rotatable bonds is 5. The van der Waals surface area contributed by atoms with Crippen LogP contribution in [-0.4, -0.2) is 31.2 Å². The number of hydrogen-bond acceptors (Lipinski definition) is 4. The number of nitrogens with zero attached hydrogens (tertiary/aromatic N) is 1. The molecule has 1 amide bonds. The molecule has 0 aromatic heterocycles. The van der Waals surface area contributed by atoms with Crippen molar-refractivity contribution in [1.82, 2.24) is 9.73 Å². The third kappa shape index (κ3) is 4.07. The van der Waals surface area contributed by atoms with Crippen LogP contribution in [0.1, 0.15) is 32.1 Å². The second-order valence-electron chi connectivity index (χ2n) is 5.36. The van der Waals surface area contributed by atoms with Gasteiger partial charge < -0.3 is 0 Å². The van der Waals surface area contributed by atoms with Crippen molar-refractivity contribution < 1.29 is 13.2 Å². The molecule has 3 N–H and O–H groups in total. The van der Waals surface area contributed by atoms with Crippen molar-refractivity contribution in [2.24, 2.45) is 5.84 Å². The highest BCUT2D eigenvalue weighted by atomic mass is 79.9. The van der Waals surface area contributed by atoms with Gasteiger partial charge in [0.1, 0.15) is 0 Å². The highest BCUT2D eigenvalue weighted by Crippen LogP contribution is 2.28. The number of sulfonamides is 1. The van der Waals surface area contributed by atoms with Gasteiger partial charge in [-0.05, 0) is 37.1 Å². The van der Waals surface area contributed by atoms with Gasteiger partial charge in [0.15, 0.2) is 0 Å². The largest absolute Gasteiger partial charge is 0.293 e. The van der Waals surface area contributed by atoms with Gasteiger partial charge in [-0.25, -0.2) is 14.3 Å². The monoisotopic (exact) mass is 389 g/mol. The van der Waals surface area contributed by atoms with Crippen molar-refractivity contribution in [3.05, 3.63) is 28.7 Å². The number of benzene rings is 1. The Hall–Kier alpha value is -0.960. The standard InChI is InChI=1S/C14H20BrN3O3S/c15-11-6-8-13(9-7-11)22(20,21)18(10-14(19)17-16)12-4-2-1-3-5-12/h6-9,12H,1-5,10,16H2,(H,17,19). The Balaban J connectivity index is 2.33. The van der Waals surface area contributed by atoms with Crippen LogP contribution >= 0.6 is 15.9 Å². The predicted octanol–water partition coefficient (Wildman–Crippen LogP) is 1.76. The molecule has 0 saturated heterocycles. The van der Waals surface area contributed by atoms with E-state index in [0.29, 0.717) is 0 Å². The van der Waals surface area contributed by atoms with Gasteiger partial charge >= 0.3 is 0 Å². The summed E-state index contributed by atoms with van der Waals surface area (Å²) in [5, 5.41) is 0. The van der Waals surface area contributed by atoms with E-state index in [0.717, 1.165) is 36.6 Å². The Bertz CT molecular complexity index is 613. The van der Waals surface area contributed by atoms with E-state index in [1.54, 1.807) is 12.1 Å². The maximum absolute atomic E-state index is 12.9. The van der Waals surface area contributed by atoms with Gasteiger partial charge in [0.2, 0.25) is 15.9 Å². The van der Waals surface area contributed by atoms with Gasteiger partial charge in [0, 0.05) is 10.5 Å². The topological polar surface area (TPSA) is 92.5 Å². The summed E-state index contributed by atoms with van der Waals surface area (Å²) in [5.41, 5.74) is 2.01. The van der Waals surface area contributed by atoms with Crippen LogP contribution in [0.4, 0.5) is 0 Å². The summed E-state index contributed by atoms with van der Waals surface area (Å²) in [6, 6.07) is 6.27. The third-order valence-corrected chi connectivity index (χ3v) is 6.30. The molecule has 1 fully saturated rings. The van der Waals surface area contributed by atoms with Crippen molar-refractivity contribution in [1.29, 1.82) is 0 Å². The average Bonchev–Trinajstić information content (AvgIpc) is 2.53. The summed E-state index contributed by atoms with van der Waals surface area (Å²) in [4.78, 5) is 11.8. The molecule has 0 bridgehead atoms. The van der Waals surface area contributed by atoms with Crippen molar-refractivity contribution in [3.63, 3.8) is 0 Å². The molecule has 0 unspecified atom stereocenters. The molecule has 0 atom stereocenters. The summed E-state index contributed by atoms with van der Waals surface area (Å²) in [7, 11) is -3.73. The minimum atomic E-state index is -3.73. The molecule has 0 aliphatic heterocycles. The molecular weight excluding hydrogens is 370 g/mol. The summed E-state index contributed by atoms with van der Waals surface area (Å²) in [6.45, 7) is -0.250. The van der Waals surface area contributed by atoms with Crippen LogP contribution in [0.2, 0.25) is 0 Å². The van der Waals surface area contributed by atoms with E-state index >= 15 is 0 Å². The molecule has 1 aliphatic rings. The zero-order valence-electron chi connectivity index (χ0n) is 12.2. The first-order valence-electron chi connectivity index (χ1n) is 7.22. The quantitative estimate of drug-likeness (QED) is 0.455. The molecule has 0 heterocycles. The molecule has 22 heavy (non-hydrogen) atoms. The lowest BCUT2D eigenvalue weighted by molar-refractivity contribution is -0.121. The van der Waals surface area contributed by atoms with Gasteiger partial charge in [-0.3, -0.25) is 10.2 Å². The number of amides is 1. The van der Waals surface area contributed by atoms with E-state index in [9.17, 15) is 13.2 Å². The van der Waals surface area contributed by atoms with Crippen LogP contribution in [0.15, 0.2) is 33.6 Å². The van der Waals surface area contributed by atoms with E-state index < -0.39 is 15.9 Å². The zero-order valence-corrected chi connectivity index (χ0v) is 14.6. The van der Waals surface area contributed by atoms with Crippen LogP contribution in [0.5, 0.6) is 0 Å². The van der Waals surface area contributed by atoms with Gasteiger partial charge in [0.05, 0.1) is 11.4 Å². The lowest BCUT2D eigenvalue weighted by Crippen LogP contribution is -2.48. The lowest BCUT2D eigenvalue weighted by Gasteiger charge is -2.32. The summed E-state index contributed by atoms with van der Waals surface area (Å²) in [5.74, 6) is 4.62. The summed E-state index contributed by atoms with van der Waals surface area (Å²) >= 11 is 3.29. The maximum atomic E-state index is 12.9. The Morgan fingerprint density at radius 1 is 1.23 bits per heavy atom. The molecule has 2 rings (SSSR count). The van der Waals surface area contributed by atoms with Gasteiger partial charge in [0.25, 0.3) is 0 Å². The first kappa shape index (κ1) is 17.4. The fourth-order valence-electron chi connectivity index (χ4n) is 2.71. The number of hydrazine groups is 1. The molecule has 6 nitrogen and oxygen atoms in total. The smallest absolute Gasteiger partial charge is 0.249 e. The minimum Gasteiger partial charge on any atom is -0.293 e. The molecule has 1 aliphatic carbocycles. The zero-order chi connectivity index (χ0) is 16.2. The Morgan fingerprint density at radius 3 is 2.36 bits per heavy atom. The van der Waals surface area contributed by atoms with Gasteiger partial charge in [-0.15, -0.1) is 0 Å². The Kier molecular flexibility index (Phi) is 5.96. The summed E-state index contributed by atoms with van der Waals surface area (Å²) < 4.78 is 27.9. The van der Waals surface area contributed by atoms with Crippen LogP contribution in [0.25, 0.3) is 0 Å². The lowest BCUT2D eigenvalue weighted by atomic mass is 9.95. The molecule has 1 aromatic rings. The highest BCUT2D eigenvalue weighted by molar-refractivity contribution is 9.10. The van der Waals surface area contributed by atoms with Crippen molar-refractivity contribution in [3.8, 4) is 0 Å². The molecule has 8 heteroatoms. The normalized spacial score (nSPS) is 16.7. The number of nitrogens with one attached hydrogen (secondary N) is 1. The predicted molar refractivity (Wildman–Crippen MR) is 87.2 cm³/mol. The number of carbonyl (C=O) groups is 1. The van der Waals surface area contributed by atoms with Crippen molar-refractivity contribution >= 4 is 31.9 Å². The number of carbonyl (C=O) groups excluding carboxylic acids is 1. The molecular formula is C14H20BrN3O3S. The molecule has 0 spiro atoms. The first-order valence-corrected chi connectivity index (χ1v) is 9.45. The van der Waals surface area contributed by atoms with Crippen molar-refractivity contribution in [2.75, 3.05) is 6.54 Å². The second kappa shape index (κ2) is 7.54. The van der Waals surface area contributed by atoms with Crippen LogP contribution in [-0.2, 0) is 14.8 Å². The van der Waals surface area contributed by atoms with Crippen molar-refractivity contribution in [2.45, 2.75) is 43.0 Å². The fourth-order valence-corrected chi connectivity index (χ4v) is 4.61. The van der Waals surface area contributed by atoms with E-state index in [4.69, 9.17) is 5.84 Å². The number of nitrogens with two attached hydrogens (primary N) is 1. The molecule has 1 aromatic carbocycles. The molecule has 0 radical (unpaired) electrons. The third-order valence-electron chi connectivity index (χ3n) is 3.86. The Morgan fingerprint density at radius 2 is 1.82 bits per heavy atom. The minimum absolute atomic E-state index is 0.153. The molecule has 122 valence electrons. The Labute approximate surface area is 139 Å². The maximum Gasteiger partial charge on any atom is 0.249 e. The van der Waals surface area contributed by atoms with E-state index in [2.05, 4.69) is 15.9 Å². The molecule has 1 saturated carbocycles. The first-order chi connectivity index (χ1) is 10.4. The van der Waals surface area contributed by atoms with E-state index in [1.165, 1.54) is 16.4 Å². The van der Waals surface area contributed by atoms with Gasteiger partial charge in [-0.2, -0.15) is 4.31 Å². The SMILES string of the molecule is NNC(=O)CN(C1CCCCC1)S(=O)(=O)c1ccc(Br)cc1. The van der Waals surface area contributed by atoms with Crippen LogP contribution in [0, 0.1) is 0 Å². The van der Waals surface area contributed by atoms with E-state index in [-0.39, 0.29) is 17.5 Å². The number of hydrogen-bond donors (Lipinski definition) is 2.